The Bertz CT molecular complexity index is 729. The Hall–Kier alpha value is -2.08. The molecule has 0 spiro atoms. The van der Waals surface area contributed by atoms with Crippen molar-refractivity contribution in [2.24, 2.45) is 7.05 Å². The van der Waals surface area contributed by atoms with E-state index in [-0.39, 0.29) is 5.91 Å². The molecule has 0 bridgehead atoms. The quantitative estimate of drug-likeness (QED) is 0.926. The summed E-state index contributed by atoms with van der Waals surface area (Å²) in [6.07, 6.45) is 8.02. The molecule has 0 aromatic carbocycles. The normalized spacial score (nSPS) is 20.5. The van der Waals surface area contributed by atoms with Crippen molar-refractivity contribution in [1.82, 2.24) is 20.0 Å². The predicted octanol–water partition coefficient (Wildman–Crippen LogP) is 2.29. The number of hydrogen-bond acceptors (Lipinski definition) is 4. The third kappa shape index (κ3) is 3.35. The Balaban J connectivity index is 1.49. The smallest absolute Gasteiger partial charge is 0.274 e. The van der Waals surface area contributed by atoms with Gasteiger partial charge in [-0.2, -0.15) is 5.10 Å². The Morgan fingerprint density at radius 1 is 1.36 bits per heavy atom. The van der Waals surface area contributed by atoms with E-state index in [9.17, 15) is 4.79 Å². The van der Waals surface area contributed by atoms with E-state index in [2.05, 4.69) is 10.4 Å². The molecule has 6 heteroatoms. The van der Waals surface area contributed by atoms with Crippen LogP contribution in [0.25, 0.3) is 0 Å². The first-order chi connectivity index (χ1) is 12.2. The van der Waals surface area contributed by atoms with Crippen molar-refractivity contribution in [2.45, 2.75) is 51.1 Å². The molecule has 134 valence electrons. The molecule has 2 aliphatic rings. The van der Waals surface area contributed by atoms with Gasteiger partial charge in [-0.15, -0.1) is 0 Å². The maximum atomic E-state index is 13.0. The lowest BCUT2D eigenvalue weighted by Crippen LogP contribution is -2.38. The van der Waals surface area contributed by atoms with E-state index in [1.54, 1.807) is 6.26 Å². The molecule has 0 saturated carbocycles. The van der Waals surface area contributed by atoms with Crippen molar-refractivity contribution < 1.29 is 9.21 Å². The molecule has 1 fully saturated rings. The van der Waals surface area contributed by atoms with Crippen molar-refractivity contribution >= 4 is 5.91 Å². The van der Waals surface area contributed by atoms with E-state index >= 15 is 0 Å². The molecule has 1 atom stereocenters. The number of likely N-dealkylation sites (tertiary alicyclic amines) is 1. The number of fused-ring (bicyclic) bond motifs is 1. The summed E-state index contributed by atoms with van der Waals surface area (Å²) in [5.74, 6) is 1.06. The minimum atomic E-state index is 0.114. The highest BCUT2D eigenvalue weighted by molar-refractivity contribution is 5.94. The minimum absolute atomic E-state index is 0.114. The highest BCUT2D eigenvalue weighted by Gasteiger charge is 2.30. The van der Waals surface area contributed by atoms with Crippen molar-refractivity contribution in [1.29, 1.82) is 0 Å². The Labute approximate surface area is 148 Å². The van der Waals surface area contributed by atoms with Crippen LogP contribution >= 0.6 is 0 Å². The van der Waals surface area contributed by atoms with Crippen molar-refractivity contribution in [3.63, 3.8) is 0 Å². The molecule has 6 nitrogen and oxygen atoms in total. The lowest BCUT2D eigenvalue weighted by Gasteiger charge is -2.27. The predicted molar refractivity (Wildman–Crippen MR) is 94.3 cm³/mol. The van der Waals surface area contributed by atoms with Crippen LogP contribution in [0.1, 0.15) is 53.2 Å². The van der Waals surface area contributed by atoms with Gasteiger partial charge in [0.1, 0.15) is 5.76 Å². The molecule has 1 saturated heterocycles. The topological polar surface area (TPSA) is 63.3 Å². The number of carbonyl (C=O) groups is 1. The summed E-state index contributed by atoms with van der Waals surface area (Å²) in [5, 5.41) is 8.16. The van der Waals surface area contributed by atoms with Crippen molar-refractivity contribution in [3.05, 3.63) is 41.1 Å². The monoisotopic (exact) mass is 342 g/mol. The van der Waals surface area contributed by atoms with Gasteiger partial charge >= 0.3 is 0 Å². The first kappa shape index (κ1) is 16.4. The summed E-state index contributed by atoms with van der Waals surface area (Å²) in [6, 6.07) is 4.25. The highest BCUT2D eigenvalue weighted by atomic mass is 16.3. The second kappa shape index (κ2) is 7.04. The summed E-state index contributed by atoms with van der Waals surface area (Å²) in [4.78, 5) is 14.9. The maximum absolute atomic E-state index is 13.0. The van der Waals surface area contributed by atoms with Crippen LogP contribution in [0.3, 0.4) is 0 Å². The molecular formula is C19H26N4O2. The summed E-state index contributed by atoms with van der Waals surface area (Å²) < 4.78 is 7.31. The first-order valence-corrected chi connectivity index (χ1v) is 9.32. The number of piperidine rings is 1. The van der Waals surface area contributed by atoms with Gasteiger partial charge in [-0.1, -0.05) is 0 Å². The van der Waals surface area contributed by atoms with Crippen LogP contribution in [0.15, 0.2) is 22.8 Å². The van der Waals surface area contributed by atoms with Gasteiger partial charge in [0.25, 0.3) is 5.91 Å². The van der Waals surface area contributed by atoms with Gasteiger partial charge < -0.3 is 14.6 Å². The molecule has 0 radical (unpaired) electrons. The van der Waals surface area contributed by atoms with E-state index in [0.717, 1.165) is 63.1 Å². The van der Waals surface area contributed by atoms with Gasteiger partial charge in [-0.05, 0) is 50.7 Å². The molecule has 1 aliphatic carbocycles. The fourth-order valence-corrected chi connectivity index (χ4v) is 4.04. The largest absolute Gasteiger partial charge is 0.468 e. The number of carbonyl (C=O) groups excluding carboxylic acids is 1. The second-order valence-electron chi connectivity index (χ2n) is 7.15. The third-order valence-corrected chi connectivity index (χ3v) is 5.45. The SMILES string of the molecule is Cn1nc(C(=O)N2CCCCC2)c2c1CCC(NCc1ccco1)C2. The molecule has 1 N–H and O–H groups in total. The van der Waals surface area contributed by atoms with Crippen molar-refractivity contribution in [3.8, 4) is 0 Å². The van der Waals surface area contributed by atoms with Crippen LogP contribution in [0, 0.1) is 0 Å². The van der Waals surface area contributed by atoms with Gasteiger partial charge in [-0.25, -0.2) is 0 Å². The van der Waals surface area contributed by atoms with E-state index in [4.69, 9.17) is 4.42 Å². The van der Waals surface area contributed by atoms with Gasteiger partial charge in [0, 0.05) is 37.4 Å². The van der Waals surface area contributed by atoms with Crippen molar-refractivity contribution in [2.75, 3.05) is 13.1 Å². The van der Waals surface area contributed by atoms with Crippen LogP contribution in [-0.4, -0.2) is 39.7 Å². The molecule has 4 rings (SSSR count). The number of amides is 1. The molecule has 3 heterocycles. The van der Waals surface area contributed by atoms with Crippen LogP contribution in [0.4, 0.5) is 0 Å². The Kier molecular flexibility index (Phi) is 4.61. The standard InChI is InChI=1S/C19H26N4O2/c1-22-17-8-7-14(20-13-15-6-5-11-25-15)12-16(17)18(21-22)19(24)23-9-3-2-4-10-23/h5-6,11,14,20H,2-4,7-10,12-13H2,1H3. The van der Waals surface area contributed by atoms with Gasteiger partial charge in [0.05, 0.1) is 12.8 Å². The van der Waals surface area contributed by atoms with Crippen LogP contribution < -0.4 is 5.32 Å². The molecule has 2 aromatic rings. The second-order valence-corrected chi connectivity index (χ2v) is 7.15. The van der Waals surface area contributed by atoms with E-state index in [1.165, 1.54) is 12.1 Å². The molecule has 2 aromatic heterocycles. The average molecular weight is 342 g/mol. The fourth-order valence-electron chi connectivity index (χ4n) is 4.04. The average Bonchev–Trinajstić information content (AvgIpc) is 3.28. The number of furan rings is 1. The highest BCUT2D eigenvalue weighted by Crippen LogP contribution is 2.26. The first-order valence-electron chi connectivity index (χ1n) is 9.32. The molecule has 25 heavy (non-hydrogen) atoms. The zero-order valence-electron chi connectivity index (χ0n) is 14.8. The van der Waals surface area contributed by atoms with E-state index in [1.807, 2.05) is 28.8 Å². The van der Waals surface area contributed by atoms with Gasteiger partial charge in [0.15, 0.2) is 5.69 Å². The van der Waals surface area contributed by atoms with E-state index in [0.29, 0.717) is 11.7 Å². The van der Waals surface area contributed by atoms with Crippen LogP contribution in [-0.2, 0) is 26.4 Å². The number of nitrogens with zero attached hydrogens (tertiary/aromatic N) is 3. The Morgan fingerprint density at radius 2 is 2.20 bits per heavy atom. The lowest BCUT2D eigenvalue weighted by atomic mass is 9.91. The molecule has 1 unspecified atom stereocenters. The van der Waals surface area contributed by atoms with Gasteiger partial charge in [0.2, 0.25) is 0 Å². The minimum Gasteiger partial charge on any atom is -0.468 e. The summed E-state index contributed by atoms with van der Waals surface area (Å²) in [5.41, 5.74) is 3.03. The third-order valence-electron chi connectivity index (χ3n) is 5.45. The Morgan fingerprint density at radius 3 is 2.96 bits per heavy atom. The summed E-state index contributed by atoms with van der Waals surface area (Å²) in [6.45, 7) is 2.46. The van der Waals surface area contributed by atoms with E-state index < -0.39 is 0 Å². The summed E-state index contributed by atoms with van der Waals surface area (Å²) in [7, 11) is 1.96. The number of aryl methyl sites for hydroxylation is 1. The van der Waals surface area contributed by atoms with Gasteiger partial charge in [-0.3, -0.25) is 9.48 Å². The number of rotatable bonds is 4. The number of hydrogen-bond donors (Lipinski definition) is 1. The molecule has 1 amide bonds. The summed E-state index contributed by atoms with van der Waals surface area (Å²) >= 11 is 0. The fraction of sp³-hybridized carbons (Fsp3) is 0.579. The maximum Gasteiger partial charge on any atom is 0.274 e. The zero-order chi connectivity index (χ0) is 17.2. The number of aromatic nitrogens is 2. The van der Waals surface area contributed by atoms with Crippen LogP contribution in [0.2, 0.25) is 0 Å². The lowest BCUT2D eigenvalue weighted by molar-refractivity contribution is 0.0716. The van der Waals surface area contributed by atoms with Crippen LogP contribution in [0.5, 0.6) is 0 Å². The molecule has 1 aliphatic heterocycles. The number of nitrogens with one attached hydrogen (secondary N) is 1. The molecular weight excluding hydrogens is 316 g/mol. The zero-order valence-corrected chi connectivity index (χ0v) is 14.8.